The Labute approximate surface area is 325 Å². The molecule has 0 aliphatic heterocycles. The molecule has 0 rings (SSSR count). The summed E-state index contributed by atoms with van der Waals surface area (Å²) in [5.41, 5.74) is 0. The number of likely N-dealkylation sites (N-methyl/N-ethyl adjacent to an activating group) is 1. The lowest BCUT2D eigenvalue weighted by Gasteiger charge is -2.31. The fourth-order valence-corrected chi connectivity index (χ4v) is 5.92. The van der Waals surface area contributed by atoms with Gasteiger partial charge in [0, 0.05) is 19.3 Å². The first-order valence-electron chi connectivity index (χ1n) is 21.2. The summed E-state index contributed by atoms with van der Waals surface area (Å²) in [4.78, 5) is 36.9. The Morgan fingerprint density at radius 2 is 1.06 bits per heavy atom. The van der Waals surface area contributed by atoms with Crippen molar-refractivity contribution in [3.63, 3.8) is 0 Å². The van der Waals surface area contributed by atoms with E-state index < -0.39 is 18.1 Å². The normalized spacial score (nSPS) is 13.5. The summed E-state index contributed by atoms with van der Waals surface area (Å²) in [5.74, 6) is -1.50. The van der Waals surface area contributed by atoms with Crippen LogP contribution in [0.5, 0.6) is 0 Å². The van der Waals surface area contributed by atoms with E-state index in [9.17, 15) is 19.5 Å². The van der Waals surface area contributed by atoms with E-state index in [2.05, 4.69) is 62.5 Å². The average Bonchev–Trinajstić information content (AvgIpc) is 3.11. The van der Waals surface area contributed by atoms with Crippen molar-refractivity contribution in [2.45, 2.75) is 180 Å². The second kappa shape index (κ2) is 36.3. The summed E-state index contributed by atoms with van der Waals surface area (Å²) in [5, 5.41) is 9.60. The number of aliphatic carboxylic acids is 1. The monoisotopic (exact) mass is 747 g/mol. The van der Waals surface area contributed by atoms with Crippen LogP contribution in [-0.2, 0) is 28.6 Å². The second-order valence-corrected chi connectivity index (χ2v) is 15.2. The average molecular weight is 747 g/mol. The number of hydrogen-bond acceptors (Lipinski definition) is 6. The Morgan fingerprint density at radius 1 is 0.585 bits per heavy atom. The van der Waals surface area contributed by atoms with Gasteiger partial charge in [0.25, 0.3) is 0 Å². The van der Waals surface area contributed by atoms with Crippen LogP contribution in [0.3, 0.4) is 0 Å². The molecule has 0 radical (unpaired) electrons. The lowest BCUT2D eigenvalue weighted by molar-refractivity contribution is -0.887. The van der Waals surface area contributed by atoms with Crippen molar-refractivity contribution in [3.05, 3.63) is 48.6 Å². The van der Waals surface area contributed by atoms with Crippen LogP contribution in [0.15, 0.2) is 48.6 Å². The van der Waals surface area contributed by atoms with Gasteiger partial charge in [0.15, 0.2) is 12.1 Å². The molecular weight excluding hydrogens is 666 g/mol. The van der Waals surface area contributed by atoms with E-state index in [0.29, 0.717) is 19.3 Å². The van der Waals surface area contributed by atoms with Gasteiger partial charge in [-0.15, -0.1) is 0 Å². The number of allylic oxidation sites excluding steroid dienone is 8. The Balaban J connectivity index is 4.39. The number of carboxylic acid groups (broad SMARTS) is 1. The number of unbranched alkanes of at least 4 members (excludes halogenated alkanes) is 15. The highest BCUT2D eigenvalue weighted by Gasteiger charge is 2.31. The van der Waals surface area contributed by atoms with E-state index >= 15 is 0 Å². The number of nitrogens with zero attached hydrogens (tertiary/aromatic N) is 1. The summed E-state index contributed by atoms with van der Waals surface area (Å²) >= 11 is 0. The molecule has 0 aromatic heterocycles. The largest absolute Gasteiger partial charge is 0.477 e. The molecule has 0 heterocycles. The number of esters is 2. The van der Waals surface area contributed by atoms with Crippen LogP contribution in [0.1, 0.15) is 168 Å². The lowest BCUT2D eigenvalue weighted by atomic mass is 10.1. The van der Waals surface area contributed by atoms with Crippen molar-refractivity contribution >= 4 is 17.9 Å². The third-order valence-electron chi connectivity index (χ3n) is 9.21. The molecule has 1 N–H and O–H groups in total. The zero-order chi connectivity index (χ0) is 39.3. The molecule has 0 saturated heterocycles. The molecule has 8 heteroatoms. The van der Waals surface area contributed by atoms with Gasteiger partial charge in [0.05, 0.1) is 34.4 Å². The Kier molecular flexibility index (Phi) is 34.4. The Morgan fingerprint density at radius 3 is 1.55 bits per heavy atom. The van der Waals surface area contributed by atoms with Crippen LogP contribution in [-0.4, -0.2) is 80.6 Å². The molecule has 2 atom stereocenters. The molecule has 53 heavy (non-hydrogen) atoms. The predicted octanol–water partition coefficient (Wildman–Crippen LogP) is 11.2. The molecular formula is C45H80NO7+. The first-order valence-corrected chi connectivity index (χ1v) is 21.2. The standard InChI is InChI=1S/C45H79NO7/c1-6-8-10-12-14-16-18-20-21-22-23-24-26-28-30-32-34-36-44(48)53-41(39-51-38-37-42(45(49)50)46(3,4)5)40-52-43(47)35-33-31-29-27-25-19-17-15-13-11-9-7-2/h9,11,14-17,20-21,41-42H,6-8,10,12-13,18-19,22-40H2,1-5H3/p+1/b11-9+,16-14+,17-15+,21-20+. The van der Waals surface area contributed by atoms with E-state index in [0.717, 1.165) is 83.5 Å². The number of ether oxygens (including phenoxy) is 3. The van der Waals surface area contributed by atoms with Crippen LogP contribution in [0.4, 0.5) is 0 Å². The SMILES string of the molecule is CC/C=C/C/C=C/CCCCCCCC(=O)OCC(COCCC(C(=O)O)[N+](C)(C)C)OC(=O)CCCCCCCCC/C=C/C/C=C/CCCCC. The second-order valence-electron chi connectivity index (χ2n) is 15.2. The number of quaternary nitrogens is 1. The fraction of sp³-hybridized carbons (Fsp3) is 0.756. The van der Waals surface area contributed by atoms with Crippen molar-refractivity contribution in [3.8, 4) is 0 Å². The van der Waals surface area contributed by atoms with Crippen LogP contribution in [0.25, 0.3) is 0 Å². The quantitative estimate of drug-likeness (QED) is 0.0292. The van der Waals surface area contributed by atoms with E-state index in [1.807, 2.05) is 21.1 Å². The Bertz CT molecular complexity index is 1010. The molecule has 0 fully saturated rings. The van der Waals surface area contributed by atoms with Gasteiger partial charge in [-0.25, -0.2) is 4.79 Å². The van der Waals surface area contributed by atoms with E-state index in [-0.39, 0.29) is 36.2 Å². The zero-order valence-corrected chi connectivity index (χ0v) is 34.7. The number of rotatable bonds is 37. The van der Waals surface area contributed by atoms with Gasteiger partial charge in [-0.2, -0.15) is 0 Å². The molecule has 0 aliphatic rings. The molecule has 2 unspecified atom stereocenters. The first-order chi connectivity index (χ1) is 25.6. The number of carbonyl (C=O) groups excluding carboxylic acids is 2. The predicted molar refractivity (Wildman–Crippen MR) is 220 cm³/mol. The molecule has 0 bridgehead atoms. The summed E-state index contributed by atoms with van der Waals surface area (Å²) in [6.45, 7) is 4.57. The molecule has 0 aromatic carbocycles. The van der Waals surface area contributed by atoms with Gasteiger partial charge in [-0.1, -0.05) is 127 Å². The van der Waals surface area contributed by atoms with Crippen molar-refractivity contribution in [1.29, 1.82) is 0 Å². The molecule has 0 spiro atoms. The molecule has 0 amide bonds. The maximum absolute atomic E-state index is 12.7. The summed E-state index contributed by atoms with van der Waals surface area (Å²) in [6, 6.07) is -0.618. The first kappa shape index (κ1) is 50.3. The fourth-order valence-electron chi connectivity index (χ4n) is 5.92. The minimum atomic E-state index is -0.880. The van der Waals surface area contributed by atoms with Gasteiger partial charge >= 0.3 is 17.9 Å². The van der Waals surface area contributed by atoms with Crippen LogP contribution >= 0.6 is 0 Å². The zero-order valence-electron chi connectivity index (χ0n) is 34.7. The van der Waals surface area contributed by atoms with Crippen molar-refractivity contribution in [2.24, 2.45) is 0 Å². The summed E-state index contributed by atoms with van der Waals surface area (Å²) in [7, 11) is 5.51. The van der Waals surface area contributed by atoms with E-state index in [4.69, 9.17) is 14.2 Å². The molecule has 0 aromatic rings. The smallest absolute Gasteiger partial charge is 0.362 e. The van der Waals surface area contributed by atoms with Crippen molar-refractivity contribution in [2.75, 3.05) is 41.0 Å². The van der Waals surface area contributed by atoms with E-state index in [1.165, 1.54) is 51.4 Å². The molecule has 8 nitrogen and oxygen atoms in total. The minimum Gasteiger partial charge on any atom is -0.477 e. The number of carbonyl (C=O) groups is 3. The molecule has 0 saturated carbocycles. The highest BCUT2D eigenvalue weighted by molar-refractivity contribution is 5.72. The van der Waals surface area contributed by atoms with Gasteiger partial charge in [-0.05, 0) is 70.6 Å². The summed E-state index contributed by atoms with van der Waals surface area (Å²) < 4.78 is 17.2. The number of hydrogen-bond donors (Lipinski definition) is 1. The third-order valence-corrected chi connectivity index (χ3v) is 9.21. The van der Waals surface area contributed by atoms with Gasteiger partial charge in [0.1, 0.15) is 6.61 Å². The highest BCUT2D eigenvalue weighted by atomic mass is 16.6. The maximum Gasteiger partial charge on any atom is 0.362 e. The van der Waals surface area contributed by atoms with Crippen LogP contribution in [0.2, 0.25) is 0 Å². The highest BCUT2D eigenvalue weighted by Crippen LogP contribution is 2.13. The number of carboxylic acids is 1. The minimum absolute atomic E-state index is 0.0524. The van der Waals surface area contributed by atoms with Crippen molar-refractivity contribution < 1.29 is 38.2 Å². The molecule has 0 aliphatic carbocycles. The maximum atomic E-state index is 12.7. The van der Waals surface area contributed by atoms with Crippen LogP contribution < -0.4 is 0 Å². The van der Waals surface area contributed by atoms with E-state index in [1.54, 1.807) is 0 Å². The Hall–Kier alpha value is -2.71. The lowest BCUT2D eigenvalue weighted by Crippen LogP contribution is -2.50. The molecule has 306 valence electrons. The third kappa shape index (κ3) is 34.8. The van der Waals surface area contributed by atoms with Gasteiger partial charge < -0.3 is 23.8 Å². The van der Waals surface area contributed by atoms with Gasteiger partial charge in [-0.3, -0.25) is 9.59 Å². The topological polar surface area (TPSA) is 99.1 Å². The summed E-state index contributed by atoms with van der Waals surface area (Å²) in [6.07, 6.45) is 41.5. The van der Waals surface area contributed by atoms with Crippen LogP contribution in [0, 0.1) is 0 Å². The van der Waals surface area contributed by atoms with Gasteiger partial charge in [0.2, 0.25) is 0 Å². The van der Waals surface area contributed by atoms with Crippen molar-refractivity contribution in [1.82, 2.24) is 0 Å².